The van der Waals surface area contributed by atoms with E-state index in [0.717, 1.165) is 12.8 Å². The number of hydrogen-bond donors (Lipinski definition) is 0. The zero-order valence-corrected chi connectivity index (χ0v) is 8.49. The van der Waals surface area contributed by atoms with Crippen LogP contribution in [0.1, 0.15) is 47.5 Å². The van der Waals surface area contributed by atoms with Crippen LogP contribution in [-0.2, 0) is 0 Å². The highest BCUT2D eigenvalue weighted by molar-refractivity contribution is 5.08. The van der Waals surface area contributed by atoms with E-state index in [1.54, 1.807) is 0 Å². The van der Waals surface area contributed by atoms with Crippen molar-refractivity contribution in [1.29, 1.82) is 0 Å². The summed E-state index contributed by atoms with van der Waals surface area (Å²) >= 11 is 0. The third kappa shape index (κ3) is 5.98. The molecule has 0 unspecified atom stereocenters. The lowest BCUT2D eigenvalue weighted by atomic mass is 9.91. The molecule has 0 spiro atoms. The molecule has 0 saturated heterocycles. The van der Waals surface area contributed by atoms with E-state index in [9.17, 15) is 0 Å². The van der Waals surface area contributed by atoms with Crippen molar-refractivity contribution >= 4 is 0 Å². The minimum atomic E-state index is 0.217. The standard InChI is InChI=1S/C11H20/c1-6-11(4,5)9-7-8-10(2)3/h10H,6,8H2,1-5H3. The lowest BCUT2D eigenvalue weighted by Gasteiger charge is -2.13. The molecule has 0 aromatic carbocycles. The molecule has 11 heavy (non-hydrogen) atoms. The topological polar surface area (TPSA) is 0 Å². The van der Waals surface area contributed by atoms with Crippen LogP contribution in [0.4, 0.5) is 0 Å². The highest BCUT2D eigenvalue weighted by Gasteiger charge is 2.09. The first-order valence-corrected chi connectivity index (χ1v) is 4.48. The van der Waals surface area contributed by atoms with Gasteiger partial charge in [-0.15, -0.1) is 5.92 Å². The van der Waals surface area contributed by atoms with E-state index < -0.39 is 0 Å². The molecule has 0 radical (unpaired) electrons. The largest absolute Gasteiger partial charge is 0.102 e. The van der Waals surface area contributed by atoms with E-state index in [2.05, 4.69) is 46.5 Å². The monoisotopic (exact) mass is 152 g/mol. The summed E-state index contributed by atoms with van der Waals surface area (Å²) in [6, 6.07) is 0. The van der Waals surface area contributed by atoms with Crippen molar-refractivity contribution in [2.75, 3.05) is 0 Å². The molecule has 0 amide bonds. The molecule has 0 aliphatic carbocycles. The van der Waals surface area contributed by atoms with E-state index in [-0.39, 0.29) is 5.41 Å². The van der Waals surface area contributed by atoms with Crippen LogP contribution >= 0.6 is 0 Å². The van der Waals surface area contributed by atoms with E-state index in [1.807, 2.05) is 0 Å². The van der Waals surface area contributed by atoms with E-state index >= 15 is 0 Å². The average molecular weight is 152 g/mol. The quantitative estimate of drug-likeness (QED) is 0.531. The minimum Gasteiger partial charge on any atom is -0.102 e. The smallest absolute Gasteiger partial charge is 0.0255 e. The molecule has 0 nitrogen and oxygen atoms in total. The van der Waals surface area contributed by atoms with Crippen molar-refractivity contribution < 1.29 is 0 Å². The fourth-order valence-electron chi connectivity index (χ4n) is 0.583. The van der Waals surface area contributed by atoms with Crippen molar-refractivity contribution in [3.05, 3.63) is 0 Å². The molecule has 0 N–H and O–H groups in total. The molecule has 0 aliphatic heterocycles. The molecule has 0 heterocycles. The minimum absolute atomic E-state index is 0.217. The molecular formula is C11H20. The maximum Gasteiger partial charge on any atom is 0.0255 e. The van der Waals surface area contributed by atoms with Crippen molar-refractivity contribution in [1.82, 2.24) is 0 Å². The molecule has 64 valence electrons. The molecule has 0 aliphatic rings. The summed E-state index contributed by atoms with van der Waals surface area (Å²) in [5.74, 6) is 7.22. The summed E-state index contributed by atoms with van der Waals surface area (Å²) in [7, 11) is 0. The van der Waals surface area contributed by atoms with Crippen molar-refractivity contribution in [3.63, 3.8) is 0 Å². The van der Waals surface area contributed by atoms with Crippen molar-refractivity contribution in [2.45, 2.75) is 47.5 Å². The molecule has 0 rings (SSSR count). The highest BCUT2D eigenvalue weighted by atomic mass is 14.1. The summed E-state index contributed by atoms with van der Waals surface area (Å²) in [5.41, 5.74) is 0.217. The van der Waals surface area contributed by atoms with Crippen molar-refractivity contribution in [3.8, 4) is 11.8 Å². The van der Waals surface area contributed by atoms with Crippen LogP contribution in [0.2, 0.25) is 0 Å². The van der Waals surface area contributed by atoms with Crippen LogP contribution in [0.25, 0.3) is 0 Å². The second-order valence-electron chi connectivity index (χ2n) is 4.14. The first-order chi connectivity index (χ1) is 4.98. The van der Waals surface area contributed by atoms with E-state index in [0.29, 0.717) is 5.92 Å². The molecule has 0 aromatic heterocycles. The maximum atomic E-state index is 3.29. The van der Waals surface area contributed by atoms with E-state index in [1.165, 1.54) is 0 Å². The van der Waals surface area contributed by atoms with Crippen LogP contribution in [0.15, 0.2) is 0 Å². The lowest BCUT2D eigenvalue weighted by Crippen LogP contribution is -2.05. The Hall–Kier alpha value is -0.440. The zero-order valence-electron chi connectivity index (χ0n) is 8.49. The lowest BCUT2D eigenvalue weighted by molar-refractivity contribution is 0.483. The van der Waals surface area contributed by atoms with Crippen LogP contribution in [0.3, 0.4) is 0 Å². The third-order valence-electron chi connectivity index (χ3n) is 1.82. The van der Waals surface area contributed by atoms with Gasteiger partial charge < -0.3 is 0 Å². The van der Waals surface area contributed by atoms with Crippen LogP contribution < -0.4 is 0 Å². The summed E-state index contributed by atoms with van der Waals surface area (Å²) < 4.78 is 0. The van der Waals surface area contributed by atoms with Gasteiger partial charge in [0.05, 0.1) is 0 Å². The molecule has 0 aromatic rings. The fraction of sp³-hybridized carbons (Fsp3) is 0.818. The summed E-state index contributed by atoms with van der Waals surface area (Å²) in [5, 5.41) is 0. The maximum absolute atomic E-state index is 3.29. The molecule has 0 heteroatoms. The third-order valence-corrected chi connectivity index (χ3v) is 1.82. The Morgan fingerprint density at radius 1 is 1.27 bits per heavy atom. The second kappa shape index (κ2) is 4.44. The predicted octanol–water partition coefficient (Wildman–Crippen LogP) is 3.47. The van der Waals surface area contributed by atoms with Gasteiger partial charge in [-0.3, -0.25) is 0 Å². The van der Waals surface area contributed by atoms with Gasteiger partial charge in [0, 0.05) is 11.8 Å². The van der Waals surface area contributed by atoms with Gasteiger partial charge in [0.25, 0.3) is 0 Å². The van der Waals surface area contributed by atoms with Gasteiger partial charge in [-0.25, -0.2) is 0 Å². The zero-order chi connectivity index (χ0) is 8.91. The Balaban J connectivity index is 3.86. The van der Waals surface area contributed by atoms with Crippen molar-refractivity contribution in [2.24, 2.45) is 11.3 Å². The molecule has 0 saturated carbocycles. The fourth-order valence-corrected chi connectivity index (χ4v) is 0.583. The summed E-state index contributed by atoms with van der Waals surface area (Å²) in [6.07, 6.45) is 2.17. The first kappa shape index (κ1) is 10.6. The van der Waals surface area contributed by atoms with Crippen LogP contribution in [-0.4, -0.2) is 0 Å². The van der Waals surface area contributed by atoms with Gasteiger partial charge in [-0.05, 0) is 26.2 Å². The van der Waals surface area contributed by atoms with Gasteiger partial charge in [0.2, 0.25) is 0 Å². The Morgan fingerprint density at radius 2 is 1.82 bits per heavy atom. The Bertz CT molecular complexity index is 153. The predicted molar refractivity (Wildman–Crippen MR) is 51.3 cm³/mol. The Labute approximate surface area is 71.4 Å². The highest BCUT2D eigenvalue weighted by Crippen LogP contribution is 2.17. The first-order valence-electron chi connectivity index (χ1n) is 4.48. The average Bonchev–Trinajstić information content (AvgIpc) is 1.87. The van der Waals surface area contributed by atoms with Gasteiger partial charge in [-0.1, -0.05) is 26.7 Å². The molecule has 0 fully saturated rings. The van der Waals surface area contributed by atoms with Gasteiger partial charge in [0.1, 0.15) is 0 Å². The molecule has 0 bridgehead atoms. The normalized spacial score (nSPS) is 11.1. The van der Waals surface area contributed by atoms with Gasteiger partial charge in [-0.2, -0.15) is 0 Å². The Morgan fingerprint density at radius 3 is 2.18 bits per heavy atom. The molecule has 0 atom stereocenters. The van der Waals surface area contributed by atoms with E-state index in [4.69, 9.17) is 0 Å². The van der Waals surface area contributed by atoms with Gasteiger partial charge >= 0.3 is 0 Å². The summed E-state index contributed by atoms with van der Waals surface area (Å²) in [4.78, 5) is 0. The number of hydrogen-bond acceptors (Lipinski definition) is 0. The van der Waals surface area contributed by atoms with Gasteiger partial charge in [0.15, 0.2) is 0 Å². The number of rotatable bonds is 2. The van der Waals surface area contributed by atoms with Crippen LogP contribution in [0, 0.1) is 23.2 Å². The second-order valence-corrected chi connectivity index (χ2v) is 4.14. The Kier molecular flexibility index (Phi) is 4.26. The SMILES string of the molecule is CCC(C)(C)C#CCC(C)C. The molecular weight excluding hydrogens is 132 g/mol. The van der Waals surface area contributed by atoms with Crippen LogP contribution in [0.5, 0.6) is 0 Å². The summed E-state index contributed by atoms with van der Waals surface area (Å²) in [6.45, 7) is 11.0.